The molecule has 0 saturated carbocycles. The molecule has 0 radical (unpaired) electrons. The molecule has 0 bridgehead atoms. The lowest BCUT2D eigenvalue weighted by Crippen LogP contribution is -2.40. The number of hydrogen-bond acceptors (Lipinski definition) is 2. The van der Waals surface area contributed by atoms with Crippen molar-refractivity contribution in [3.63, 3.8) is 0 Å². The van der Waals surface area contributed by atoms with E-state index in [0.29, 0.717) is 6.04 Å². The second-order valence-corrected chi connectivity index (χ2v) is 5.61. The molecule has 0 heterocycles. The molecule has 2 N–H and O–H groups in total. The minimum Gasteiger partial charge on any atom is -0.395 e. The Hall–Kier alpha value is -0.860. The van der Waals surface area contributed by atoms with E-state index in [2.05, 4.69) is 38.2 Å². The summed E-state index contributed by atoms with van der Waals surface area (Å²) in [4.78, 5) is 0. The predicted octanol–water partition coefficient (Wildman–Crippen LogP) is 3.00. The quantitative estimate of drug-likeness (QED) is 0.742. The van der Waals surface area contributed by atoms with Crippen molar-refractivity contribution in [3.05, 3.63) is 35.9 Å². The maximum absolute atomic E-state index is 9.45. The fraction of sp³-hybridized carbons (Fsp3) is 0.625. The van der Waals surface area contributed by atoms with Crippen molar-refractivity contribution in [2.24, 2.45) is 5.92 Å². The first-order chi connectivity index (χ1) is 8.61. The Morgan fingerprint density at radius 3 is 2.28 bits per heavy atom. The standard InChI is InChI=1S/C16H27NO/c1-13(2)9-10-14(3)17-16(12-18)11-15-7-5-4-6-8-15/h4-8,13-14,16-18H,9-12H2,1-3H3. The van der Waals surface area contributed by atoms with E-state index in [4.69, 9.17) is 0 Å². The molecule has 0 aliphatic carbocycles. The zero-order valence-electron chi connectivity index (χ0n) is 11.9. The fourth-order valence-electron chi connectivity index (χ4n) is 2.14. The SMILES string of the molecule is CC(C)CCC(C)NC(CO)Cc1ccccc1. The molecular weight excluding hydrogens is 222 g/mol. The maximum atomic E-state index is 9.45. The van der Waals surface area contributed by atoms with Crippen molar-refractivity contribution in [1.29, 1.82) is 0 Å². The number of nitrogens with one attached hydrogen (secondary N) is 1. The van der Waals surface area contributed by atoms with Gasteiger partial charge in [-0.1, -0.05) is 44.2 Å². The van der Waals surface area contributed by atoms with E-state index >= 15 is 0 Å². The first-order valence-corrected chi connectivity index (χ1v) is 7.02. The van der Waals surface area contributed by atoms with Crippen LogP contribution in [0.1, 0.15) is 39.2 Å². The molecule has 2 atom stereocenters. The highest BCUT2D eigenvalue weighted by atomic mass is 16.3. The third-order valence-corrected chi connectivity index (χ3v) is 3.24. The number of aliphatic hydroxyl groups excluding tert-OH is 1. The molecule has 1 rings (SSSR count). The van der Waals surface area contributed by atoms with Gasteiger partial charge in [0.25, 0.3) is 0 Å². The Morgan fingerprint density at radius 1 is 1.06 bits per heavy atom. The van der Waals surface area contributed by atoms with E-state index in [9.17, 15) is 5.11 Å². The monoisotopic (exact) mass is 249 g/mol. The van der Waals surface area contributed by atoms with Gasteiger partial charge in [-0.3, -0.25) is 0 Å². The topological polar surface area (TPSA) is 32.3 Å². The molecule has 1 aromatic rings. The van der Waals surface area contributed by atoms with Crippen LogP contribution in [0.25, 0.3) is 0 Å². The Balaban J connectivity index is 2.37. The highest BCUT2D eigenvalue weighted by Gasteiger charge is 2.12. The van der Waals surface area contributed by atoms with Crippen LogP contribution in [0.3, 0.4) is 0 Å². The summed E-state index contributed by atoms with van der Waals surface area (Å²) in [5.41, 5.74) is 1.28. The van der Waals surface area contributed by atoms with Gasteiger partial charge < -0.3 is 10.4 Å². The highest BCUT2D eigenvalue weighted by molar-refractivity contribution is 5.15. The smallest absolute Gasteiger partial charge is 0.0587 e. The molecule has 0 fully saturated rings. The van der Waals surface area contributed by atoms with Crippen molar-refractivity contribution in [1.82, 2.24) is 5.32 Å². The van der Waals surface area contributed by atoms with Crippen molar-refractivity contribution >= 4 is 0 Å². The largest absolute Gasteiger partial charge is 0.395 e. The molecule has 0 saturated heterocycles. The third-order valence-electron chi connectivity index (χ3n) is 3.24. The average Bonchev–Trinajstić information content (AvgIpc) is 2.37. The van der Waals surface area contributed by atoms with Crippen LogP contribution in [0.5, 0.6) is 0 Å². The van der Waals surface area contributed by atoms with Gasteiger partial charge in [-0.05, 0) is 37.7 Å². The Morgan fingerprint density at radius 2 is 1.72 bits per heavy atom. The molecule has 0 aliphatic rings. The summed E-state index contributed by atoms with van der Waals surface area (Å²) < 4.78 is 0. The number of benzene rings is 1. The second-order valence-electron chi connectivity index (χ2n) is 5.61. The molecule has 0 amide bonds. The van der Waals surface area contributed by atoms with Crippen LogP contribution < -0.4 is 5.32 Å². The van der Waals surface area contributed by atoms with E-state index in [1.807, 2.05) is 18.2 Å². The van der Waals surface area contributed by atoms with Crippen molar-refractivity contribution < 1.29 is 5.11 Å². The zero-order chi connectivity index (χ0) is 13.4. The van der Waals surface area contributed by atoms with Gasteiger partial charge in [0, 0.05) is 12.1 Å². The van der Waals surface area contributed by atoms with Crippen LogP contribution in [0.15, 0.2) is 30.3 Å². The lowest BCUT2D eigenvalue weighted by Gasteiger charge is -2.22. The summed E-state index contributed by atoms with van der Waals surface area (Å²) >= 11 is 0. The predicted molar refractivity (Wildman–Crippen MR) is 77.7 cm³/mol. The van der Waals surface area contributed by atoms with Gasteiger partial charge in [-0.25, -0.2) is 0 Å². The molecule has 18 heavy (non-hydrogen) atoms. The Labute approximate surface area is 111 Å². The summed E-state index contributed by atoms with van der Waals surface area (Å²) in [7, 11) is 0. The summed E-state index contributed by atoms with van der Waals surface area (Å²) in [6.07, 6.45) is 3.30. The number of hydrogen-bond donors (Lipinski definition) is 2. The van der Waals surface area contributed by atoms with Gasteiger partial charge in [0.15, 0.2) is 0 Å². The molecule has 2 heteroatoms. The van der Waals surface area contributed by atoms with Crippen LogP contribution in [0, 0.1) is 5.92 Å². The molecular formula is C16H27NO. The summed E-state index contributed by atoms with van der Waals surface area (Å²) in [5.74, 6) is 0.746. The van der Waals surface area contributed by atoms with E-state index in [-0.39, 0.29) is 12.6 Å². The first kappa shape index (κ1) is 15.2. The van der Waals surface area contributed by atoms with Crippen LogP contribution in [-0.2, 0) is 6.42 Å². The lowest BCUT2D eigenvalue weighted by atomic mass is 10.0. The minimum absolute atomic E-state index is 0.162. The van der Waals surface area contributed by atoms with Crippen molar-refractivity contribution in [3.8, 4) is 0 Å². The Kier molecular flexibility index (Phi) is 6.99. The molecule has 0 aliphatic heterocycles. The van der Waals surface area contributed by atoms with Gasteiger partial charge in [-0.2, -0.15) is 0 Å². The third kappa shape index (κ3) is 6.18. The van der Waals surface area contributed by atoms with Gasteiger partial charge in [-0.15, -0.1) is 0 Å². The van der Waals surface area contributed by atoms with Crippen LogP contribution in [-0.4, -0.2) is 23.8 Å². The molecule has 0 aromatic heterocycles. The summed E-state index contributed by atoms with van der Waals surface area (Å²) in [6.45, 7) is 6.90. The Bertz CT molecular complexity index is 310. The highest BCUT2D eigenvalue weighted by Crippen LogP contribution is 2.09. The van der Waals surface area contributed by atoms with Crippen molar-refractivity contribution in [2.45, 2.75) is 52.1 Å². The molecule has 2 unspecified atom stereocenters. The van der Waals surface area contributed by atoms with Crippen LogP contribution >= 0.6 is 0 Å². The minimum atomic E-state index is 0.162. The molecule has 1 aromatic carbocycles. The normalized spacial score (nSPS) is 14.7. The van der Waals surface area contributed by atoms with Gasteiger partial charge >= 0.3 is 0 Å². The molecule has 0 spiro atoms. The first-order valence-electron chi connectivity index (χ1n) is 7.02. The van der Waals surface area contributed by atoms with Gasteiger partial charge in [0.2, 0.25) is 0 Å². The summed E-state index contributed by atoms with van der Waals surface area (Å²) in [6, 6.07) is 11.0. The maximum Gasteiger partial charge on any atom is 0.0587 e. The van der Waals surface area contributed by atoms with Crippen LogP contribution in [0.2, 0.25) is 0 Å². The molecule has 2 nitrogen and oxygen atoms in total. The van der Waals surface area contributed by atoms with Crippen molar-refractivity contribution in [2.75, 3.05) is 6.61 Å². The molecule has 102 valence electrons. The lowest BCUT2D eigenvalue weighted by molar-refractivity contribution is 0.228. The fourth-order valence-corrected chi connectivity index (χ4v) is 2.14. The average molecular weight is 249 g/mol. The summed E-state index contributed by atoms with van der Waals surface area (Å²) in [5, 5.41) is 13.0. The van der Waals surface area contributed by atoms with E-state index < -0.39 is 0 Å². The second kappa shape index (κ2) is 8.28. The number of rotatable bonds is 8. The zero-order valence-corrected chi connectivity index (χ0v) is 11.9. The van der Waals surface area contributed by atoms with E-state index in [1.165, 1.54) is 18.4 Å². The van der Waals surface area contributed by atoms with E-state index in [1.54, 1.807) is 0 Å². The van der Waals surface area contributed by atoms with Gasteiger partial charge in [0.05, 0.1) is 6.61 Å². The van der Waals surface area contributed by atoms with E-state index in [0.717, 1.165) is 12.3 Å². The van der Waals surface area contributed by atoms with Crippen LogP contribution in [0.4, 0.5) is 0 Å². The number of aliphatic hydroxyl groups is 1. The van der Waals surface area contributed by atoms with Gasteiger partial charge in [0.1, 0.15) is 0 Å².